The molecule has 2 heterocycles. The average Bonchev–Trinajstić information content (AvgIpc) is 2.97. The summed E-state index contributed by atoms with van der Waals surface area (Å²) < 4.78 is 0. The smallest absolute Gasteiger partial charge is 0.142 e. The number of nitrogens with zero attached hydrogens (tertiary/aromatic N) is 2. The van der Waals surface area contributed by atoms with Crippen LogP contribution in [0.3, 0.4) is 0 Å². The second-order valence-corrected chi connectivity index (χ2v) is 6.01. The van der Waals surface area contributed by atoms with Crippen molar-refractivity contribution in [2.45, 2.75) is 32.7 Å². The summed E-state index contributed by atoms with van der Waals surface area (Å²) in [6.45, 7) is 4.16. The van der Waals surface area contributed by atoms with E-state index in [4.69, 9.17) is 5.11 Å². The van der Waals surface area contributed by atoms with Crippen molar-refractivity contribution < 1.29 is 5.11 Å². The molecule has 0 aromatic carbocycles. The molecule has 0 amide bonds. The maximum atomic E-state index is 9.06. The molecule has 4 nitrogen and oxygen atoms in total. The van der Waals surface area contributed by atoms with Crippen molar-refractivity contribution in [3.05, 3.63) is 35.5 Å². The molecule has 0 aliphatic carbocycles. The van der Waals surface area contributed by atoms with Gasteiger partial charge in [-0.05, 0) is 37.4 Å². The van der Waals surface area contributed by atoms with Crippen molar-refractivity contribution in [3.63, 3.8) is 0 Å². The number of aliphatic hydroxyl groups excluding tert-OH is 1. The van der Waals surface area contributed by atoms with Gasteiger partial charge in [-0.3, -0.25) is 4.98 Å². The highest BCUT2D eigenvalue weighted by atomic mass is 32.1. The van der Waals surface area contributed by atoms with E-state index in [2.05, 4.69) is 27.6 Å². The van der Waals surface area contributed by atoms with Gasteiger partial charge >= 0.3 is 0 Å². The molecule has 0 saturated heterocycles. The van der Waals surface area contributed by atoms with Crippen molar-refractivity contribution in [3.8, 4) is 10.7 Å². The van der Waals surface area contributed by atoms with Gasteiger partial charge in [0.15, 0.2) is 0 Å². The Kier molecular flexibility index (Phi) is 6.79. The van der Waals surface area contributed by atoms with Gasteiger partial charge in [-0.15, -0.1) is 11.3 Å². The molecule has 21 heavy (non-hydrogen) atoms. The molecule has 2 aromatic heterocycles. The normalized spacial score (nSPS) is 12.5. The molecule has 114 valence electrons. The molecule has 2 aromatic rings. The van der Waals surface area contributed by atoms with Crippen LogP contribution in [0.1, 0.15) is 31.9 Å². The van der Waals surface area contributed by atoms with Crippen molar-refractivity contribution >= 4 is 11.3 Å². The number of aromatic nitrogens is 2. The summed E-state index contributed by atoms with van der Waals surface area (Å²) in [6, 6.07) is 5.87. The van der Waals surface area contributed by atoms with Crippen LogP contribution in [0, 0.1) is 5.92 Å². The topological polar surface area (TPSA) is 58.0 Å². The third kappa shape index (κ3) is 5.19. The van der Waals surface area contributed by atoms with Gasteiger partial charge in [-0.25, -0.2) is 4.98 Å². The van der Waals surface area contributed by atoms with E-state index in [1.807, 2.05) is 18.2 Å². The monoisotopic (exact) mass is 305 g/mol. The van der Waals surface area contributed by atoms with Crippen LogP contribution in [-0.2, 0) is 6.54 Å². The summed E-state index contributed by atoms with van der Waals surface area (Å²) in [6.07, 6.45) is 4.98. The fraction of sp³-hybridized carbons (Fsp3) is 0.500. The third-order valence-corrected chi connectivity index (χ3v) is 4.32. The first-order valence-corrected chi connectivity index (χ1v) is 8.38. The molecule has 0 bridgehead atoms. The van der Waals surface area contributed by atoms with Crippen molar-refractivity contribution in [2.75, 3.05) is 13.2 Å². The molecule has 0 aliphatic rings. The standard InChI is InChI=1S/C16H23N3OS/c1-2-5-13(7-9-20)10-17-11-14-12-21-16(19-14)15-6-3-4-8-18-15/h3-4,6,8,12-13,17,20H,2,5,7,9-11H2,1H3. The van der Waals surface area contributed by atoms with Crippen LogP contribution >= 0.6 is 11.3 Å². The lowest BCUT2D eigenvalue weighted by atomic mass is 10.0. The van der Waals surface area contributed by atoms with E-state index < -0.39 is 0 Å². The molecule has 0 radical (unpaired) electrons. The van der Waals surface area contributed by atoms with Crippen molar-refractivity contribution in [2.24, 2.45) is 5.92 Å². The Morgan fingerprint density at radius 3 is 2.95 bits per heavy atom. The zero-order chi connectivity index (χ0) is 14.9. The number of hydrogen-bond acceptors (Lipinski definition) is 5. The number of rotatable bonds is 9. The van der Waals surface area contributed by atoms with Crippen LogP contribution in [0.25, 0.3) is 10.7 Å². The van der Waals surface area contributed by atoms with Gasteiger partial charge in [0.05, 0.1) is 11.4 Å². The summed E-state index contributed by atoms with van der Waals surface area (Å²) in [4.78, 5) is 8.93. The van der Waals surface area contributed by atoms with Gasteiger partial charge in [0, 0.05) is 24.7 Å². The Morgan fingerprint density at radius 1 is 1.33 bits per heavy atom. The number of nitrogens with one attached hydrogen (secondary N) is 1. The number of pyridine rings is 1. The van der Waals surface area contributed by atoms with Crippen LogP contribution < -0.4 is 5.32 Å². The zero-order valence-corrected chi connectivity index (χ0v) is 13.3. The summed E-state index contributed by atoms with van der Waals surface area (Å²) in [7, 11) is 0. The lowest BCUT2D eigenvalue weighted by Crippen LogP contribution is -2.23. The molecule has 5 heteroatoms. The maximum Gasteiger partial charge on any atom is 0.142 e. The first-order valence-electron chi connectivity index (χ1n) is 7.50. The first kappa shape index (κ1) is 16.1. The van der Waals surface area contributed by atoms with E-state index in [1.165, 1.54) is 0 Å². The minimum atomic E-state index is 0.271. The summed E-state index contributed by atoms with van der Waals surface area (Å²) in [5.74, 6) is 0.550. The highest BCUT2D eigenvalue weighted by molar-refractivity contribution is 7.13. The Balaban J connectivity index is 1.83. The van der Waals surface area contributed by atoms with Gasteiger partial charge in [0.2, 0.25) is 0 Å². The molecule has 1 unspecified atom stereocenters. The van der Waals surface area contributed by atoms with Gasteiger partial charge in [0.25, 0.3) is 0 Å². The van der Waals surface area contributed by atoms with Crippen LogP contribution in [0.5, 0.6) is 0 Å². The molecule has 2 rings (SSSR count). The Bertz CT molecular complexity index is 509. The molecule has 0 spiro atoms. The molecule has 1 atom stereocenters. The van der Waals surface area contributed by atoms with Gasteiger partial charge in [-0.2, -0.15) is 0 Å². The Labute approximate surface area is 130 Å². The SMILES string of the molecule is CCCC(CCO)CNCc1csc(-c2ccccn2)n1. The Hall–Kier alpha value is -1.30. The van der Waals surface area contributed by atoms with Gasteiger partial charge in [0.1, 0.15) is 5.01 Å². The predicted molar refractivity (Wildman–Crippen MR) is 87.2 cm³/mol. The molecule has 0 saturated carbocycles. The highest BCUT2D eigenvalue weighted by Gasteiger charge is 2.08. The van der Waals surface area contributed by atoms with Crippen LogP contribution in [0.4, 0.5) is 0 Å². The number of aliphatic hydroxyl groups is 1. The fourth-order valence-electron chi connectivity index (χ4n) is 2.34. The molecule has 0 fully saturated rings. The Morgan fingerprint density at radius 2 is 2.24 bits per heavy atom. The summed E-state index contributed by atoms with van der Waals surface area (Å²) in [5, 5.41) is 15.6. The summed E-state index contributed by atoms with van der Waals surface area (Å²) in [5.41, 5.74) is 1.98. The van der Waals surface area contributed by atoms with Gasteiger partial charge in [-0.1, -0.05) is 19.4 Å². The second-order valence-electron chi connectivity index (χ2n) is 5.16. The molecule has 2 N–H and O–H groups in total. The maximum absolute atomic E-state index is 9.06. The number of hydrogen-bond donors (Lipinski definition) is 2. The summed E-state index contributed by atoms with van der Waals surface area (Å²) >= 11 is 1.63. The third-order valence-electron chi connectivity index (χ3n) is 3.41. The van der Waals surface area contributed by atoms with Crippen molar-refractivity contribution in [1.29, 1.82) is 0 Å². The van der Waals surface area contributed by atoms with Gasteiger partial charge < -0.3 is 10.4 Å². The molecular formula is C16H23N3OS. The second kappa shape index (κ2) is 8.87. The quantitative estimate of drug-likeness (QED) is 0.747. The van der Waals surface area contributed by atoms with E-state index in [-0.39, 0.29) is 6.61 Å². The van der Waals surface area contributed by atoms with Crippen LogP contribution in [0.2, 0.25) is 0 Å². The molecule has 0 aliphatic heterocycles. The van der Waals surface area contributed by atoms with Crippen LogP contribution in [0.15, 0.2) is 29.8 Å². The lowest BCUT2D eigenvalue weighted by molar-refractivity contribution is 0.248. The minimum absolute atomic E-state index is 0.271. The van der Waals surface area contributed by atoms with E-state index in [0.29, 0.717) is 5.92 Å². The fourth-order valence-corrected chi connectivity index (χ4v) is 3.13. The number of thiazole rings is 1. The highest BCUT2D eigenvalue weighted by Crippen LogP contribution is 2.21. The first-order chi connectivity index (χ1) is 10.3. The van der Waals surface area contributed by atoms with E-state index in [0.717, 1.165) is 48.7 Å². The largest absolute Gasteiger partial charge is 0.396 e. The van der Waals surface area contributed by atoms with E-state index >= 15 is 0 Å². The zero-order valence-electron chi connectivity index (χ0n) is 12.5. The van der Waals surface area contributed by atoms with E-state index in [9.17, 15) is 0 Å². The molecular weight excluding hydrogens is 282 g/mol. The predicted octanol–water partition coefficient (Wildman–Crippen LogP) is 3.09. The average molecular weight is 305 g/mol. The van der Waals surface area contributed by atoms with Crippen LogP contribution in [-0.4, -0.2) is 28.2 Å². The van der Waals surface area contributed by atoms with Crippen molar-refractivity contribution in [1.82, 2.24) is 15.3 Å². The minimum Gasteiger partial charge on any atom is -0.396 e. The van der Waals surface area contributed by atoms with E-state index in [1.54, 1.807) is 17.5 Å². The lowest BCUT2D eigenvalue weighted by Gasteiger charge is -2.15.